The molecule has 0 aliphatic heterocycles. The summed E-state index contributed by atoms with van der Waals surface area (Å²) >= 11 is 0. The molecule has 0 fully saturated rings. The van der Waals surface area contributed by atoms with E-state index in [2.05, 4.69) is 206 Å². The summed E-state index contributed by atoms with van der Waals surface area (Å²) in [4.78, 5) is 10.7. The lowest BCUT2D eigenvalue weighted by Crippen LogP contribution is -1.97. The van der Waals surface area contributed by atoms with E-state index in [0.717, 1.165) is 77.8 Å². The molecule has 0 saturated carbocycles. The van der Waals surface area contributed by atoms with Crippen LogP contribution < -0.4 is 0 Å². The van der Waals surface area contributed by atoms with Crippen LogP contribution in [-0.4, -0.2) is 9.97 Å². The van der Waals surface area contributed by atoms with Crippen molar-refractivity contribution in [3.05, 3.63) is 218 Å². The van der Waals surface area contributed by atoms with Crippen LogP contribution in [0.4, 0.5) is 0 Å². The fourth-order valence-electron chi connectivity index (χ4n) is 9.21. The van der Waals surface area contributed by atoms with Crippen LogP contribution in [0.25, 0.3) is 122 Å². The van der Waals surface area contributed by atoms with Gasteiger partial charge >= 0.3 is 0 Å². The molecule has 12 rings (SSSR count). The molecule has 0 bridgehead atoms. The van der Waals surface area contributed by atoms with Crippen molar-refractivity contribution >= 4 is 54.3 Å². The standard InChI is InChI=1S/C58H36N2O/c1-2-14-37(15-3-1)41-18-12-19-43(34-41)52-36-53(47-23-9-8-22-46(47)48-25-13-27-55-57(48)50-24-10-11-26-54(50)61-55)60-58(59-52)40-30-28-39(29-31-40)56-45-21-7-5-17-42(45)35-51-44-20-6-4-16-38(44)32-33-49(51)56/h1-36H. The number of nitrogens with zero attached hydrogens (tertiary/aromatic N) is 2. The van der Waals surface area contributed by atoms with Gasteiger partial charge in [-0.15, -0.1) is 0 Å². The minimum atomic E-state index is 0.666. The van der Waals surface area contributed by atoms with E-state index >= 15 is 0 Å². The first kappa shape index (κ1) is 34.9. The highest BCUT2D eigenvalue weighted by Crippen LogP contribution is 2.43. The largest absolute Gasteiger partial charge is 0.456 e. The van der Waals surface area contributed by atoms with Crippen LogP contribution in [0.15, 0.2) is 223 Å². The van der Waals surface area contributed by atoms with Crippen molar-refractivity contribution in [2.45, 2.75) is 0 Å². The molecule has 10 aromatic carbocycles. The average molecular weight is 777 g/mol. The third kappa shape index (κ3) is 5.98. The number of fused-ring (bicyclic) bond motifs is 7. The Morgan fingerprint density at radius 2 is 0.918 bits per heavy atom. The Balaban J connectivity index is 1.04. The maximum atomic E-state index is 6.34. The SMILES string of the molecule is c1ccc(-c2cccc(-c3cc(-c4ccccc4-c4cccc5oc6ccccc6c45)nc(-c4ccc(-c5c6ccccc6cc6c5ccc5ccccc56)cc4)n3)c2)cc1. The van der Waals surface area contributed by atoms with Gasteiger partial charge < -0.3 is 4.42 Å². The number of rotatable bonds is 6. The van der Waals surface area contributed by atoms with E-state index in [1.54, 1.807) is 0 Å². The van der Waals surface area contributed by atoms with Gasteiger partial charge in [-0.3, -0.25) is 0 Å². The molecule has 0 atom stereocenters. The third-order valence-electron chi connectivity index (χ3n) is 12.1. The van der Waals surface area contributed by atoms with E-state index in [9.17, 15) is 0 Å². The van der Waals surface area contributed by atoms with Gasteiger partial charge in [0.1, 0.15) is 11.2 Å². The molecule has 3 heteroatoms. The number of para-hydroxylation sites is 1. The van der Waals surface area contributed by atoms with Crippen molar-refractivity contribution in [2.24, 2.45) is 0 Å². The van der Waals surface area contributed by atoms with Crippen molar-refractivity contribution in [1.82, 2.24) is 9.97 Å². The highest BCUT2D eigenvalue weighted by molar-refractivity contribution is 6.20. The van der Waals surface area contributed by atoms with E-state index in [4.69, 9.17) is 14.4 Å². The lowest BCUT2D eigenvalue weighted by molar-refractivity contribution is 0.669. The maximum absolute atomic E-state index is 6.34. The quantitative estimate of drug-likeness (QED) is 0.125. The molecular formula is C58H36N2O. The third-order valence-corrected chi connectivity index (χ3v) is 12.1. The summed E-state index contributed by atoms with van der Waals surface area (Å²) in [6, 6.07) is 77.5. The van der Waals surface area contributed by atoms with Gasteiger partial charge in [0, 0.05) is 27.5 Å². The zero-order valence-corrected chi connectivity index (χ0v) is 33.1. The average Bonchev–Trinajstić information content (AvgIpc) is 3.73. The molecule has 12 aromatic rings. The molecule has 0 spiro atoms. The van der Waals surface area contributed by atoms with Gasteiger partial charge in [0.15, 0.2) is 5.82 Å². The molecule has 0 amide bonds. The van der Waals surface area contributed by atoms with Gasteiger partial charge in [0.05, 0.1) is 11.4 Å². The molecule has 0 saturated heterocycles. The van der Waals surface area contributed by atoms with E-state index in [1.165, 1.54) is 37.9 Å². The fourth-order valence-corrected chi connectivity index (χ4v) is 9.21. The molecular weight excluding hydrogens is 741 g/mol. The Hall–Kier alpha value is -8.14. The highest BCUT2D eigenvalue weighted by Gasteiger charge is 2.19. The fraction of sp³-hybridized carbons (Fsp3) is 0. The predicted octanol–water partition coefficient (Wildman–Crippen LogP) is 15.8. The van der Waals surface area contributed by atoms with Gasteiger partial charge in [-0.05, 0) is 96.0 Å². The van der Waals surface area contributed by atoms with Crippen LogP contribution >= 0.6 is 0 Å². The molecule has 2 heterocycles. The summed E-state index contributed by atoms with van der Waals surface area (Å²) < 4.78 is 6.34. The normalized spacial score (nSPS) is 11.6. The Labute approximate surface area is 352 Å². The van der Waals surface area contributed by atoms with Crippen LogP contribution in [0.2, 0.25) is 0 Å². The molecule has 0 N–H and O–H groups in total. The molecule has 284 valence electrons. The number of hydrogen-bond acceptors (Lipinski definition) is 3. The molecule has 0 aliphatic rings. The van der Waals surface area contributed by atoms with Crippen LogP contribution in [0.5, 0.6) is 0 Å². The van der Waals surface area contributed by atoms with Crippen LogP contribution in [0.3, 0.4) is 0 Å². The zero-order chi connectivity index (χ0) is 40.3. The highest BCUT2D eigenvalue weighted by atomic mass is 16.3. The summed E-state index contributed by atoms with van der Waals surface area (Å²) in [7, 11) is 0. The van der Waals surface area contributed by atoms with Crippen molar-refractivity contribution < 1.29 is 4.42 Å². The van der Waals surface area contributed by atoms with E-state index in [0.29, 0.717) is 5.82 Å². The van der Waals surface area contributed by atoms with Crippen LogP contribution in [0.1, 0.15) is 0 Å². The van der Waals surface area contributed by atoms with E-state index < -0.39 is 0 Å². The van der Waals surface area contributed by atoms with Crippen molar-refractivity contribution in [3.8, 4) is 67.3 Å². The Bertz CT molecular complexity index is 3640. The number of furan rings is 1. The second kappa shape index (κ2) is 14.3. The van der Waals surface area contributed by atoms with Gasteiger partial charge in [-0.1, -0.05) is 188 Å². The zero-order valence-electron chi connectivity index (χ0n) is 33.1. The number of hydrogen-bond donors (Lipinski definition) is 0. The molecule has 0 radical (unpaired) electrons. The Morgan fingerprint density at radius 1 is 0.295 bits per heavy atom. The Kier molecular flexibility index (Phi) is 8.17. The summed E-state index contributed by atoms with van der Waals surface area (Å²) in [5, 5.41) is 9.64. The van der Waals surface area contributed by atoms with E-state index in [-0.39, 0.29) is 0 Å². The second-order valence-electron chi connectivity index (χ2n) is 15.7. The molecule has 61 heavy (non-hydrogen) atoms. The number of benzene rings is 10. The number of aromatic nitrogens is 2. The Morgan fingerprint density at radius 3 is 1.79 bits per heavy atom. The molecule has 2 aromatic heterocycles. The minimum absolute atomic E-state index is 0.666. The molecule has 0 aliphatic carbocycles. The monoisotopic (exact) mass is 776 g/mol. The molecule has 3 nitrogen and oxygen atoms in total. The van der Waals surface area contributed by atoms with Crippen molar-refractivity contribution in [1.29, 1.82) is 0 Å². The first-order valence-electron chi connectivity index (χ1n) is 20.7. The summed E-state index contributed by atoms with van der Waals surface area (Å²) in [5.74, 6) is 0.666. The van der Waals surface area contributed by atoms with Crippen molar-refractivity contribution in [2.75, 3.05) is 0 Å². The van der Waals surface area contributed by atoms with Gasteiger partial charge in [0.25, 0.3) is 0 Å². The van der Waals surface area contributed by atoms with Gasteiger partial charge in [0.2, 0.25) is 0 Å². The summed E-state index contributed by atoms with van der Waals surface area (Å²) in [6.07, 6.45) is 0. The molecule has 0 unspecified atom stereocenters. The first-order valence-corrected chi connectivity index (χ1v) is 20.7. The van der Waals surface area contributed by atoms with E-state index in [1.807, 2.05) is 12.1 Å². The van der Waals surface area contributed by atoms with Gasteiger partial charge in [-0.25, -0.2) is 9.97 Å². The summed E-state index contributed by atoms with van der Waals surface area (Å²) in [6.45, 7) is 0. The predicted molar refractivity (Wildman–Crippen MR) is 254 cm³/mol. The lowest BCUT2D eigenvalue weighted by atomic mass is 9.89. The first-order chi connectivity index (χ1) is 30.2. The maximum Gasteiger partial charge on any atom is 0.160 e. The topological polar surface area (TPSA) is 38.9 Å². The second-order valence-corrected chi connectivity index (χ2v) is 15.7. The summed E-state index contributed by atoms with van der Waals surface area (Å²) in [5.41, 5.74) is 13.3. The van der Waals surface area contributed by atoms with Crippen LogP contribution in [-0.2, 0) is 0 Å². The minimum Gasteiger partial charge on any atom is -0.456 e. The van der Waals surface area contributed by atoms with Crippen LogP contribution in [0, 0.1) is 0 Å². The van der Waals surface area contributed by atoms with Gasteiger partial charge in [-0.2, -0.15) is 0 Å². The smallest absolute Gasteiger partial charge is 0.160 e. The lowest BCUT2D eigenvalue weighted by Gasteiger charge is -2.15. The van der Waals surface area contributed by atoms with Crippen molar-refractivity contribution in [3.63, 3.8) is 0 Å².